The molecule has 0 aliphatic rings. The number of ether oxygens (including phenoxy) is 1. The summed E-state index contributed by atoms with van der Waals surface area (Å²) >= 11 is 5.40. The molecule has 0 unspecified atom stereocenters. The third-order valence-electron chi connectivity index (χ3n) is 4.02. The Bertz CT molecular complexity index is 1090. The number of methoxy groups -OCH3 is 1. The van der Waals surface area contributed by atoms with E-state index >= 15 is 0 Å². The van der Waals surface area contributed by atoms with Crippen LogP contribution < -0.4 is 15.4 Å². The summed E-state index contributed by atoms with van der Waals surface area (Å²) in [6.45, 7) is 0. The van der Waals surface area contributed by atoms with Crippen LogP contribution in [0, 0.1) is 0 Å². The second kappa shape index (κ2) is 6.97. The summed E-state index contributed by atoms with van der Waals surface area (Å²) in [5, 5.41) is 7.55. The van der Waals surface area contributed by atoms with E-state index in [0.29, 0.717) is 16.5 Å². The largest absolute Gasteiger partial charge is 0.495 e. The Kier molecular flexibility index (Phi) is 4.88. The smallest absolute Gasteiger partial charge is 0.175 e. The van der Waals surface area contributed by atoms with Crippen LogP contribution in [-0.4, -0.2) is 31.5 Å². The fourth-order valence-electron chi connectivity index (χ4n) is 2.70. The minimum absolute atomic E-state index is 0.189. The third kappa shape index (κ3) is 3.66. The van der Waals surface area contributed by atoms with Crippen LogP contribution in [0.15, 0.2) is 53.6 Å². The highest BCUT2D eigenvalue weighted by atomic mass is 32.2. The molecule has 0 saturated carbocycles. The molecule has 3 aromatic rings. The van der Waals surface area contributed by atoms with Crippen LogP contribution in [0.25, 0.3) is 10.9 Å². The Hall–Kier alpha value is -2.58. The molecule has 136 valence electrons. The second-order valence-corrected chi connectivity index (χ2v) is 8.30. The molecule has 2 N–H and O–H groups in total. The van der Waals surface area contributed by atoms with Gasteiger partial charge < -0.3 is 19.9 Å². The normalized spacial score (nSPS) is 11.3. The highest BCUT2D eigenvalue weighted by Gasteiger charge is 2.13. The number of nitrogens with zero attached hydrogens (tertiary/aromatic N) is 1. The Balaban J connectivity index is 1.88. The average molecular weight is 390 g/mol. The monoisotopic (exact) mass is 389 g/mol. The molecule has 6 nitrogen and oxygen atoms in total. The Morgan fingerprint density at radius 3 is 2.54 bits per heavy atom. The maximum atomic E-state index is 11.8. The molecule has 0 amide bonds. The van der Waals surface area contributed by atoms with E-state index in [1.54, 1.807) is 6.07 Å². The van der Waals surface area contributed by atoms with Crippen LogP contribution in [-0.2, 0) is 16.9 Å². The zero-order valence-corrected chi connectivity index (χ0v) is 16.2. The van der Waals surface area contributed by atoms with Gasteiger partial charge in [0.05, 0.1) is 17.7 Å². The number of anilines is 2. The van der Waals surface area contributed by atoms with Crippen molar-refractivity contribution in [1.82, 2.24) is 4.57 Å². The molecule has 2 aromatic carbocycles. The van der Waals surface area contributed by atoms with Crippen LogP contribution in [0.1, 0.15) is 0 Å². The molecule has 1 aromatic heterocycles. The summed E-state index contributed by atoms with van der Waals surface area (Å²) in [7, 11) is 0.159. The Morgan fingerprint density at radius 2 is 1.85 bits per heavy atom. The molecule has 0 radical (unpaired) electrons. The Morgan fingerprint density at radius 1 is 1.12 bits per heavy atom. The van der Waals surface area contributed by atoms with E-state index in [9.17, 15) is 8.42 Å². The lowest BCUT2D eigenvalue weighted by atomic mass is 10.2. The van der Waals surface area contributed by atoms with Gasteiger partial charge in [-0.2, -0.15) is 0 Å². The maximum absolute atomic E-state index is 11.8. The van der Waals surface area contributed by atoms with Crippen molar-refractivity contribution in [2.45, 2.75) is 4.90 Å². The molecule has 0 fully saturated rings. The molecule has 0 saturated heterocycles. The highest BCUT2D eigenvalue weighted by molar-refractivity contribution is 7.90. The van der Waals surface area contributed by atoms with Gasteiger partial charge in [-0.3, -0.25) is 0 Å². The third-order valence-corrected chi connectivity index (χ3v) is 5.34. The van der Waals surface area contributed by atoms with Crippen molar-refractivity contribution in [3.05, 3.63) is 48.7 Å². The summed E-state index contributed by atoms with van der Waals surface area (Å²) in [4.78, 5) is 0.189. The van der Waals surface area contributed by atoms with Crippen molar-refractivity contribution in [3.8, 4) is 5.75 Å². The summed E-state index contributed by atoms with van der Waals surface area (Å²) in [5.74, 6) is 0.500. The van der Waals surface area contributed by atoms with Gasteiger partial charge in [-0.05, 0) is 48.6 Å². The van der Waals surface area contributed by atoms with Crippen molar-refractivity contribution in [1.29, 1.82) is 0 Å². The minimum Gasteiger partial charge on any atom is -0.495 e. The maximum Gasteiger partial charge on any atom is 0.175 e. The van der Waals surface area contributed by atoms with E-state index in [0.717, 1.165) is 22.8 Å². The van der Waals surface area contributed by atoms with Gasteiger partial charge in [-0.15, -0.1) is 0 Å². The number of benzene rings is 2. The first-order valence-electron chi connectivity index (χ1n) is 7.80. The summed E-state index contributed by atoms with van der Waals surface area (Å²) in [6, 6.07) is 12.5. The first-order valence-corrected chi connectivity index (χ1v) is 10.1. The van der Waals surface area contributed by atoms with Crippen LogP contribution in [0.2, 0.25) is 0 Å². The number of sulfone groups is 1. The van der Waals surface area contributed by atoms with Crippen molar-refractivity contribution in [3.63, 3.8) is 0 Å². The van der Waals surface area contributed by atoms with Gasteiger partial charge in [0.1, 0.15) is 5.75 Å². The molecular formula is C18H19N3O3S2. The molecule has 0 spiro atoms. The lowest BCUT2D eigenvalue weighted by molar-refractivity contribution is 0.416. The van der Waals surface area contributed by atoms with E-state index in [1.807, 2.05) is 42.1 Å². The topological polar surface area (TPSA) is 72.4 Å². The van der Waals surface area contributed by atoms with Gasteiger partial charge >= 0.3 is 0 Å². The summed E-state index contributed by atoms with van der Waals surface area (Å²) in [5.41, 5.74) is 2.42. The minimum atomic E-state index is -3.33. The van der Waals surface area contributed by atoms with Gasteiger partial charge in [0.25, 0.3) is 0 Å². The standard InChI is InChI=1S/C18H19N3O3S2/c1-21-10-9-13-14(5-4-6-16(13)21)19-18(25)20-15-11-12(26(3,22)23)7-8-17(15)24-2/h4-11H,1-3H3,(H2,19,20,25). The fraction of sp³-hybridized carbons (Fsp3) is 0.167. The lowest BCUT2D eigenvalue weighted by Crippen LogP contribution is -2.20. The number of hydrogen-bond acceptors (Lipinski definition) is 4. The first-order chi connectivity index (χ1) is 12.3. The highest BCUT2D eigenvalue weighted by Crippen LogP contribution is 2.28. The van der Waals surface area contributed by atoms with Crippen LogP contribution >= 0.6 is 12.2 Å². The van der Waals surface area contributed by atoms with Gasteiger partial charge in [0, 0.05) is 36.1 Å². The van der Waals surface area contributed by atoms with E-state index in [1.165, 1.54) is 19.2 Å². The molecule has 3 rings (SSSR count). The van der Waals surface area contributed by atoms with Crippen molar-refractivity contribution in [2.24, 2.45) is 7.05 Å². The number of aromatic nitrogens is 1. The fourth-order valence-corrected chi connectivity index (χ4v) is 3.57. The predicted molar refractivity (Wildman–Crippen MR) is 109 cm³/mol. The van der Waals surface area contributed by atoms with E-state index in [-0.39, 0.29) is 4.90 Å². The van der Waals surface area contributed by atoms with Crippen molar-refractivity contribution in [2.75, 3.05) is 24.0 Å². The predicted octanol–water partition coefficient (Wildman–Crippen LogP) is 3.40. The van der Waals surface area contributed by atoms with Crippen LogP contribution in [0.4, 0.5) is 11.4 Å². The van der Waals surface area contributed by atoms with Crippen LogP contribution in [0.3, 0.4) is 0 Å². The van der Waals surface area contributed by atoms with Gasteiger partial charge in [-0.1, -0.05) is 6.07 Å². The van der Waals surface area contributed by atoms with E-state index < -0.39 is 9.84 Å². The summed E-state index contributed by atoms with van der Waals surface area (Å²) < 4.78 is 30.9. The zero-order chi connectivity index (χ0) is 18.9. The molecule has 1 heterocycles. The average Bonchev–Trinajstić information content (AvgIpc) is 2.96. The number of thiocarbonyl (C=S) groups is 1. The lowest BCUT2D eigenvalue weighted by Gasteiger charge is -2.15. The van der Waals surface area contributed by atoms with Gasteiger partial charge in [0.15, 0.2) is 14.9 Å². The molecule has 0 aliphatic carbocycles. The SMILES string of the molecule is COc1ccc(S(C)(=O)=O)cc1NC(=S)Nc1cccc2c1ccn2C. The van der Waals surface area contributed by atoms with Gasteiger partial charge in [-0.25, -0.2) is 8.42 Å². The molecule has 8 heteroatoms. The molecule has 0 bridgehead atoms. The second-order valence-electron chi connectivity index (χ2n) is 5.88. The first kappa shape index (κ1) is 18.2. The molecule has 0 atom stereocenters. The van der Waals surface area contributed by atoms with Crippen LogP contribution in [0.5, 0.6) is 5.75 Å². The molecule has 26 heavy (non-hydrogen) atoms. The molecule has 0 aliphatic heterocycles. The number of aryl methyl sites for hydroxylation is 1. The number of fused-ring (bicyclic) bond motifs is 1. The zero-order valence-electron chi connectivity index (χ0n) is 14.6. The van der Waals surface area contributed by atoms with Crippen molar-refractivity contribution < 1.29 is 13.2 Å². The van der Waals surface area contributed by atoms with Gasteiger partial charge in [0.2, 0.25) is 0 Å². The van der Waals surface area contributed by atoms with E-state index in [2.05, 4.69) is 10.6 Å². The molecular weight excluding hydrogens is 370 g/mol. The number of nitrogens with one attached hydrogen (secondary N) is 2. The number of rotatable bonds is 4. The summed E-state index contributed by atoms with van der Waals surface area (Å²) in [6.07, 6.45) is 3.14. The quantitative estimate of drug-likeness (QED) is 0.667. The van der Waals surface area contributed by atoms with Crippen molar-refractivity contribution >= 4 is 49.4 Å². The Labute approximate surface area is 157 Å². The van der Waals surface area contributed by atoms with E-state index in [4.69, 9.17) is 17.0 Å². The number of hydrogen-bond donors (Lipinski definition) is 2.